The summed E-state index contributed by atoms with van der Waals surface area (Å²) >= 11 is 1.41. The number of hydrogen-bond donors (Lipinski definition) is 3. The molecule has 0 aliphatic heterocycles. The molecule has 42 heavy (non-hydrogen) atoms. The van der Waals surface area contributed by atoms with Gasteiger partial charge in [-0.3, -0.25) is 13.7 Å². The van der Waals surface area contributed by atoms with E-state index in [1.54, 1.807) is 0 Å². The van der Waals surface area contributed by atoms with Crippen LogP contribution in [0.25, 0.3) is 0 Å². The van der Waals surface area contributed by atoms with Gasteiger partial charge in [0.05, 0.1) is 6.61 Å². The van der Waals surface area contributed by atoms with Gasteiger partial charge in [0, 0.05) is 0 Å². The van der Waals surface area contributed by atoms with E-state index in [0.29, 0.717) is 6.42 Å². The first-order valence-electron chi connectivity index (χ1n) is 16.8. The van der Waals surface area contributed by atoms with Crippen molar-refractivity contribution in [1.29, 1.82) is 0 Å². The van der Waals surface area contributed by atoms with E-state index in [9.17, 15) is 8.42 Å². The van der Waals surface area contributed by atoms with Crippen LogP contribution in [-0.2, 0) is 25.0 Å². The van der Waals surface area contributed by atoms with Gasteiger partial charge in [0.2, 0.25) is 0 Å². The van der Waals surface area contributed by atoms with Gasteiger partial charge in [-0.2, -0.15) is 16.8 Å². The molecule has 0 heterocycles. The summed E-state index contributed by atoms with van der Waals surface area (Å²) in [5, 5.41) is 0. The van der Waals surface area contributed by atoms with Crippen molar-refractivity contribution in [3.8, 4) is 0 Å². The van der Waals surface area contributed by atoms with Crippen LogP contribution in [0.2, 0.25) is 3.67 Å². The van der Waals surface area contributed by atoms with E-state index in [4.69, 9.17) is 22.1 Å². The molecule has 0 aromatic carbocycles. The summed E-state index contributed by atoms with van der Waals surface area (Å²) in [5.74, 6) is 0. The van der Waals surface area contributed by atoms with E-state index in [2.05, 4.69) is 18.0 Å². The average Bonchev–Trinajstić information content (AvgIpc) is 2.88. The first-order chi connectivity index (χ1) is 19.5. The van der Waals surface area contributed by atoms with Gasteiger partial charge >= 0.3 is 153 Å². The molecule has 0 atom stereocenters. The van der Waals surface area contributed by atoms with Gasteiger partial charge in [-0.15, -0.1) is 0 Å². The molecule has 0 aliphatic rings. The molecule has 0 bridgehead atoms. The van der Waals surface area contributed by atoms with Crippen LogP contribution in [0, 0.1) is 0 Å². The van der Waals surface area contributed by atoms with Crippen molar-refractivity contribution in [1.82, 2.24) is 0 Å². The van der Waals surface area contributed by atoms with Crippen LogP contribution in [0.1, 0.15) is 181 Å². The van der Waals surface area contributed by atoms with Gasteiger partial charge in [0.1, 0.15) is 0 Å². The SMILES string of the molecule is CCCCCCCCCCCCCCCCCCOS(=O)(=O)O.CCCCCCCCCCC[CH2][Na].O=S(=O)(O)O.[NaH]. The summed E-state index contributed by atoms with van der Waals surface area (Å²) in [6.45, 7) is 4.64. The van der Waals surface area contributed by atoms with Gasteiger partial charge < -0.3 is 0 Å². The maximum atomic E-state index is 10.3. The minimum atomic E-state index is -4.67. The second-order valence-corrected chi connectivity index (χ2v) is 14.2. The zero-order valence-corrected chi connectivity index (χ0v) is 30.6. The average molecular weight is 665 g/mol. The molecule has 0 rings (SSSR count). The number of rotatable bonds is 28. The van der Waals surface area contributed by atoms with Crippen LogP contribution in [0.15, 0.2) is 0 Å². The Kier molecular flexibility index (Phi) is 49.1. The van der Waals surface area contributed by atoms with E-state index in [1.807, 2.05) is 0 Å². The third-order valence-corrected chi connectivity index (χ3v) is 8.11. The van der Waals surface area contributed by atoms with E-state index >= 15 is 0 Å². The van der Waals surface area contributed by atoms with E-state index in [-0.39, 0.29) is 36.2 Å². The Balaban J connectivity index is -0.000000319. The fourth-order valence-electron chi connectivity index (χ4n) is 4.55. The molecule has 0 saturated heterocycles. The summed E-state index contributed by atoms with van der Waals surface area (Å²) in [7, 11) is -8.91. The predicted octanol–water partition coefficient (Wildman–Crippen LogP) is 9.26. The summed E-state index contributed by atoms with van der Waals surface area (Å²) < 4.78 is 66.4. The van der Waals surface area contributed by atoms with Crippen LogP contribution in [0.5, 0.6) is 0 Å². The van der Waals surface area contributed by atoms with Crippen molar-refractivity contribution >= 4 is 78.3 Å². The Morgan fingerprint density at radius 3 is 0.881 bits per heavy atom. The molecule has 0 amide bonds. The molecule has 12 heteroatoms. The van der Waals surface area contributed by atoms with Crippen molar-refractivity contribution in [2.75, 3.05) is 6.61 Å². The molecule has 0 aromatic rings. The Morgan fingerprint density at radius 2 is 0.667 bits per heavy atom. The normalized spacial score (nSPS) is 11.2. The van der Waals surface area contributed by atoms with Gasteiger partial charge in [0.25, 0.3) is 0 Å². The van der Waals surface area contributed by atoms with Crippen LogP contribution in [0.4, 0.5) is 0 Å². The fourth-order valence-corrected chi connectivity index (χ4v) is 5.38. The number of hydrogen-bond acceptors (Lipinski definition) is 5. The zero-order valence-electron chi connectivity index (χ0n) is 27.0. The standard InChI is InChI=1S/C18H38O4S.C12H25.2Na.H2O4S.H/c1-2-3-4-5-6-7-8-9-10-11-12-13-14-15-16-17-18-22-23(19,20)21;1-3-5-7-9-11-12-10-8-6-4-2;;;1-5(2,3)4;/h2-18H2,1H3,(H,19,20,21);1,3-12H2,2H3;;;(H2,1,2,3,4);. The van der Waals surface area contributed by atoms with Crippen LogP contribution >= 0.6 is 0 Å². The third-order valence-electron chi connectivity index (χ3n) is 6.94. The first kappa shape index (κ1) is 50.6. The summed E-state index contributed by atoms with van der Waals surface area (Å²) in [6, 6.07) is 0. The van der Waals surface area contributed by atoms with Crippen LogP contribution in [0.3, 0.4) is 0 Å². The Morgan fingerprint density at radius 1 is 0.452 bits per heavy atom. The minimum absolute atomic E-state index is 0. The molecule has 0 aromatic heterocycles. The first-order valence-corrected chi connectivity index (χ1v) is 21.0. The molecule has 0 aliphatic carbocycles. The molecular weight excluding hydrogens is 598 g/mol. The fraction of sp³-hybridized carbons (Fsp3) is 1.00. The van der Waals surface area contributed by atoms with Crippen molar-refractivity contribution in [3.05, 3.63) is 0 Å². The Hall–Kier alpha value is 1.74. The summed E-state index contributed by atoms with van der Waals surface area (Å²) in [4.78, 5) is 0. The zero-order chi connectivity index (χ0) is 31.5. The quantitative estimate of drug-likeness (QED) is 0.0427. The van der Waals surface area contributed by atoms with Crippen LogP contribution in [-0.4, -0.2) is 94.6 Å². The van der Waals surface area contributed by atoms with E-state index in [1.165, 1.54) is 179 Å². The molecule has 0 spiro atoms. The van der Waals surface area contributed by atoms with Gasteiger partial charge in [0.15, 0.2) is 0 Å². The second kappa shape index (κ2) is 40.8. The van der Waals surface area contributed by atoms with Gasteiger partial charge in [-0.05, 0) is 6.42 Å². The topological polar surface area (TPSA) is 138 Å². The van der Waals surface area contributed by atoms with Gasteiger partial charge in [-0.25, -0.2) is 4.18 Å². The van der Waals surface area contributed by atoms with Gasteiger partial charge in [-0.1, -0.05) is 103 Å². The maximum absolute atomic E-state index is 10.3. The van der Waals surface area contributed by atoms with Crippen molar-refractivity contribution < 1.29 is 34.7 Å². The summed E-state index contributed by atoms with van der Waals surface area (Å²) in [6.07, 6.45) is 35.2. The molecule has 8 nitrogen and oxygen atoms in total. The molecular formula is C30H66Na2O8S2. The molecule has 0 saturated carbocycles. The van der Waals surface area contributed by atoms with Crippen molar-refractivity contribution in [2.24, 2.45) is 0 Å². The Labute approximate surface area is 301 Å². The Bertz CT molecular complexity index is 675. The molecule has 248 valence electrons. The van der Waals surface area contributed by atoms with Crippen molar-refractivity contribution in [2.45, 2.75) is 184 Å². The molecule has 3 N–H and O–H groups in total. The summed E-state index contributed by atoms with van der Waals surface area (Å²) in [5.41, 5.74) is 0. The third kappa shape index (κ3) is 68.8. The van der Waals surface area contributed by atoms with E-state index in [0.717, 1.165) is 12.8 Å². The monoisotopic (exact) mass is 664 g/mol. The number of unbranched alkanes of at least 4 members (excludes halogenated alkanes) is 24. The van der Waals surface area contributed by atoms with Crippen LogP contribution < -0.4 is 0 Å². The molecule has 0 radical (unpaired) electrons. The second-order valence-electron chi connectivity index (χ2n) is 11.2. The molecule has 0 fully saturated rings. The predicted molar refractivity (Wildman–Crippen MR) is 181 cm³/mol. The molecule has 0 unspecified atom stereocenters. The van der Waals surface area contributed by atoms with Crippen molar-refractivity contribution in [3.63, 3.8) is 0 Å². The van der Waals surface area contributed by atoms with E-state index < -0.39 is 20.8 Å².